The highest BCUT2D eigenvalue weighted by Gasteiger charge is 2.19. The van der Waals surface area contributed by atoms with Crippen LogP contribution < -0.4 is 5.32 Å². The second-order valence-electron chi connectivity index (χ2n) is 5.59. The molecular weight excluding hydrogens is 388 g/mol. The summed E-state index contributed by atoms with van der Waals surface area (Å²) in [5, 5.41) is 4.98. The molecule has 0 aliphatic carbocycles. The number of benzene rings is 1. The molecule has 0 saturated heterocycles. The van der Waals surface area contributed by atoms with Gasteiger partial charge in [0, 0.05) is 25.6 Å². The van der Waals surface area contributed by atoms with E-state index in [1.54, 1.807) is 18.4 Å². The molecular formula is C18H19BrN2O2S. The summed E-state index contributed by atoms with van der Waals surface area (Å²) in [4.78, 5) is 12.6. The van der Waals surface area contributed by atoms with Crippen molar-refractivity contribution in [2.24, 2.45) is 0 Å². The fourth-order valence-corrected chi connectivity index (χ4v) is 4.39. The fourth-order valence-electron chi connectivity index (χ4n) is 2.70. The Morgan fingerprint density at radius 1 is 1.38 bits per heavy atom. The number of amides is 1. The van der Waals surface area contributed by atoms with Crippen LogP contribution in [0.5, 0.6) is 0 Å². The van der Waals surface area contributed by atoms with E-state index in [2.05, 4.69) is 50.3 Å². The van der Waals surface area contributed by atoms with Crippen LogP contribution in [-0.4, -0.2) is 30.7 Å². The van der Waals surface area contributed by atoms with Crippen molar-refractivity contribution in [3.05, 3.63) is 57.0 Å². The van der Waals surface area contributed by atoms with E-state index in [0.717, 1.165) is 14.7 Å². The van der Waals surface area contributed by atoms with Gasteiger partial charge in [-0.25, -0.2) is 0 Å². The van der Waals surface area contributed by atoms with E-state index in [9.17, 15) is 4.79 Å². The zero-order valence-electron chi connectivity index (χ0n) is 13.6. The number of aryl methyl sites for hydroxylation is 1. The van der Waals surface area contributed by atoms with Crippen LogP contribution in [0.25, 0.3) is 10.2 Å². The molecule has 1 N–H and O–H groups in total. The first-order chi connectivity index (χ1) is 11.6. The molecule has 0 bridgehead atoms. The van der Waals surface area contributed by atoms with Crippen molar-refractivity contribution in [1.29, 1.82) is 0 Å². The number of carbonyl (C=O) groups is 1. The number of fused-ring (bicyclic) bond motifs is 1. The molecule has 0 spiro atoms. The molecule has 0 aliphatic rings. The van der Waals surface area contributed by atoms with Crippen molar-refractivity contribution in [2.45, 2.75) is 13.5 Å². The van der Waals surface area contributed by atoms with E-state index < -0.39 is 0 Å². The van der Waals surface area contributed by atoms with Gasteiger partial charge in [0.1, 0.15) is 5.69 Å². The summed E-state index contributed by atoms with van der Waals surface area (Å²) in [6, 6.07) is 10.2. The quantitative estimate of drug-likeness (QED) is 0.623. The lowest BCUT2D eigenvalue weighted by Crippen LogP contribution is -2.29. The largest absolute Gasteiger partial charge is 0.383 e. The highest BCUT2D eigenvalue weighted by Crippen LogP contribution is 2.34. The van der Waals surface area contributed by atoms with Crippen molar-refractivity contribution in [3.8, 4) is 0 Å². The van der Waals surface area contributed by atoms with Crippen molar-refractivity contribution < 1.29 is 9.53 Å². The molecule has 24 heavy (non-hydrogen) atoms. The molecule has 0 unspecified atom stereocenters. The minimum absolute atomic E-state index is 0.0732. The zero-order valence-corrected chi connectivity index (χ0v) is 16.0. The Bertz CT molecular complexity index is 869. The summed E-state index contributed by atoms with van der Waals surface area (Å²) in [6.45, 7) is 3.76. The van der Waals surface area contributed by atoms with Gasteiger partial charge in [-0.2, -0.15) is 0 Å². The molecule has 4 nitrogen and oxygen atoms in total. The molecule has 0 radical (unpaired) electrons. The first kappa shape index (κ1) is 17.2. The Kier molecular flexibility index (Phi) is 5.38. The normalized spacial score (nSPS) is 11.1. The van der Waals surface area contributed by atoms with Crippen LogP contribution in [0.3, 0.4) is 0 Å². The highest BCUT2D eigenvalue weighted by molar-refractivity contribution is 9.10. The monoisotopic (exact) mass is 406 g/mol. The lowest BCUT2D eigenvalue weighted by molar-refractivity contribution is 0.0928. The van der Waals surface area contributed by atoms with Gasteiger partial charge in [-0.3, -0.25) is 4.79 Å². The molecule has 6 heteroatoms. The van der Waals surface area contributed by atoms with Crippen LogP contribution in [0.2, 0.25) is 0 Å². The van der Waals surface area contributed by atoms with Gasteiger partial charge < -0.3 is 14.6 Å². The number of hydrogen-bond acceptors (Lipinski definition) is 3. The number of aromatic nitrogens is 1. The van der Waals surface area contributed by atoms with Gasteiger partial charge in [-0.05, 0) is 40.0 Å². The summed E-state index contributed by atoms with van der Waals surface area (Å²) in [7, 11) is 1.63. The van der Waals surface area contributed by atoms with E-state index >= 15 is 0 Å². The van der Waals surface area contributed by atoms with Gasteiger partial charge in [0.2, 0.25) is 0 Å². The fraction of sp³-hybridized carbons (Fsp3) is 0.278. The summed E-state index contributed by atoms with van der Waals surface area (Å²) in [5.74, 6) is -0.0732. The molecule has 2 heterocycles. The van der Waals surface area contributed by atoms with Crippen molar-refractivity contribution >= 4 is 43.4 Å². The molecule has 0 atom stereocenters. The first-order valence-electron chi connectivity index (χ1n) is 7.69. The summed E-state index contributed by atoms with van der Waals surface area (Å²) >= 11 is 5.25. The summed E-state index contributed by atoms with van der Waals surface area (Å²) < 4.78 is 9.21. The molecule has 1 amide bonds. The van der Waals surface area contributed by atoms with E-state index in [1.165, 1.54) is 11.1 Å². The van der Waals surface area contributed by atoms with Gasteiger partial charge in [0.15, 0.2) is 0 Å². The molecule has 1 aromatic carbocycles. The Balaban J connectivity index is 2.00. The van der Waals surface area contributed by atoms with Crippen molar-refractivity contribution in [2.75, 3.05) is 20.3 Å². The minimum atomic E-state index is -0.0732. The predicted molar refractivity (Wildman–Crippen MR) is 102 cm³/mol. The molecule has 3 aromatic rings. The number of rotatable bonds is 6. The van der Waals surface area contributed by atoms with E-state index in [-0.39, 0.29) is 5.91 Å². The SMILES string of the molecule is COCCNC(=O)c1cc2scc(Br)c2n1Cc1ccccc1C. The maximum atomic E-state index is 12.6. The number of carbonyl (C=O) groups excluding carboxylic acids is 1. The van der Waals surface area contributed by atoms with Crippen LogP contribution in [0.15, 0.2) is 40.2 Å². The number of halogens is 1. The Morgan fingerprint density at radius 3 is 2.92 bits per heavy atom. The third-order valence-corrected chi connectivity index (χ3v) is 5.82. The Morgan fingerprint density at radius 2 is 2.17 bits per heavy atom. The van der Waals surface area contributed by atoms with Crippen molar-refractivity contribution in [1.82, 2.24) is 9.88 Å². The number of hydrogen-bond donors (Lipinski definition) is 1. The Labute approximate surface area is 153 Å². The molecule has 3 rings (SSSR count). The lowest BCUT2D eigenvalue weighted by Gasteiger charge is -2.13. The van der Waals surface area contributed by atoms with Crippen LogP contribution in [0.4, 0.5) is 0 Å². The van der Waals surface area contributed by atoms with Crippen molar-refractivity contribution in [3.63, 3.8) is 0 Å². The van der Waals surface area contributed by atoms with E-state index in [0.29, 0.717) is 25.4 Å². The van der Waals surface area contributed by atoms with Gasteiger partial charge in [-0.1, -0.05) is 24.3 Å². The van der Waals surface area contributed by atoms with Gasteiger partial charge >= 0.3 is 0 Å². The molecule has 0 fully saturated rings. The second-order valence-corrected chi connectivity index (χ2v) is 7.35. The van der Waals surface area contributed by atoms with Crippen LogP contribution in [-0.2, 0) is 11.3 Å². The summed E-state index contributed by atoms with van der Waals surface area (Å²) in [6.07, 6.45) is 0. The van der Waals surface area contributed by atoms with Crippen LogP contribution in [0, 0.1) is 6.92 Å². The maximum absolute atomic E-state index is 12.6. The number of nitrogens with zero attached hydrogens (tertiary/aromatic N) is 1. The van der Waals surface area contributed by atoms with Gasteiger partial charge in [0.25, 0.3) is 5.91 Å². The number of nitrogens with one attached hydrogen (secondary N) is 1. The molecule has 126 valence electrons. The summed E-state index contributed by atoms with van der Waals surface area (Å²) in [5.41, 5.74) is 4.17. The highest BCUT2D eigenvalue weighted by atomic mass is 79.9. The molecule has 0 saturated carbocycles. The lowest BCUT2D eigenvalue weighted by atomic mass is 10.1. The second kappa shape index (κ2) is 7.51. The molecule has 2 aromatic heterocycles. The van der Waals surface area contributed by atoms with Crippen LogP contribution >= 0.6 is 27.3 Å². The molecule has 0 aliphatic heterocycles. The van der Waals surface area contributed by atoms with Gasteiger partial charge in [-0.15, -0.1) is 11.3 Å². The predicted octanol–water partition coefficient (Wildman–Crippen LogP) is 4.20. The van der Waals surface area contributed by atoms with Crippen LogP contribution in [0.1, 0.15) is 21.6 Å². The minimum Gasteiger partial charge on any atom is -0.383 e. The number of ether oxygens (including phenoxy) is 1. The van der Waals surface area contributed by atoms with E-state index in [1.807, 2.05) is 18.2 Å². The Hall–Kier alpha value is -1.63. The smallest absolute Gasteiger partial charge is 0.268 e. The third-order valence-electron chi connectivity index (χ3n) is 3.99. The first-order valence-corrected chi connectivity index (χ1v) is 9.37. The average molecular weight is 407 g/mol. The van der Waals surface area contributed by atoms with E-state index in [4.69, 9.17) is 4.74 Å². The third kappa shape index (κ3) is 3.41. The number of methoxy groups -OCH3 is 1. The average Bonchev–Trinajstić information content (AvgIpc) is 3.11. The van der Waals surface area contributed by atoms with Gasteiger partial charge in [0.05, 0.1) is 21.3 Å². The zero-order chi connectivity index (χ0) is 17.1. The topological polar surface area (TPSA) is 43.3 Å². The standard InChI is InChI=1S/C18H19BrN2O2S/c1-12-5-3-4-6-13(12)10-21-15(18(22)20-7-8-23-2)9-16-17(21)14(19)11-24-16/h3-6,9,11H,7-8,10H2,1-2H3,(H,20,22). The number of thiophene rings is 1. The maximum Gasteiger partial charge on any atom is 0.268 e.